The summed E-state index contributed by atoms with van der Waals surface area (Å²) in [5.74, 6) is 0.470. The average molecular weight is 274 g/mol. The first-order chi connectivity index (χ1) is 9.72. The minimum absolute atomic E-state index is 0.0277. The first kappa shape index (κ1) is 13.6. The fraction of sp³-hybridized carbons (Fsp3) is 0.562. The van der Waals surface area contributed by atoms with E-state index < -0.39 is 0 Å². The highest BCUT2D eigenvalue weighted by Crippen LogP contribution is 2.27. The summed E-state index contributed by atoms with van der Waals surface area (Å²) in [6.07, 6.45) is 1.89. The minimum Gasteiger partial charge on any atom is -0.394 e. The van der Waals surface area contributed by atoms with Gasteiger partial charge >= 0.3 is 0 Å². The van der Waals surface area contributed by atoms with Crippen LogP contribution < -0.4 is 5.32 Å². The highest BCUT2D eigenvalue weighted by Gasteiger charge is 2.35. The Hall–Kier alpha value is -1.39. The van der Waals surface area contributed by atoms with Crippen LogP contribution >= 0.6 is 0 Å². The van der Waals surface area contributed by atoms with Crippen molar-refractivity contribution >= 4 is 5.91 Å². The van der Waals surface area contributed by atoms with Gasteiger partial charge in [-0.3, -0.25) is 4.79 Å². The number of rotatable bonds is 2. The van der Waals surface area contributed by atoms with Crippen molar-refractivity contribution in [1.82, 2.24) is 10.2 Å². The topological polar surface area (TPSA) is 52.6 Å². The van der Waals surface area contributed by atoms with Gasteiger partial charge in [-0.05, 0) is 42.5 Å². The molecule has 108 valence electrons. The molecule has 4 nitrogen and oxygen atoms in total. The maximum Gasteiger partial charge on any atom is 0.254 e. The summed E-state index contributed by atoms with van der Waals surface area (Å²) >= 11 is 0. The second-order valence-electron chi connectivity index (χ2n) is 5.88. The second kappa shape index (κ2) is 5.54. The number of fused-ring (bicyclic) bond motifs is 1. The SMILES string of the molecule is CC1CCN(C(=O)c2cccc3c2CCNC3)C1CO. The lowest BCUT2D eigenvalue weighted by Crippen LogP contribution is -2.40. The van der Waals surface area contributed by atoms with E-state index in [1.807, 2.05) is 17.0 Å². The zero-order valence-electron chi connectivity index (χ0n) is 11.9. The summed E-state index contributed by atoms with van der Waals surface area (Å²) < 4.78 is 0. The van der Waals surface area contributed by atoms with Crippen LogP contribution in [0.5, 0.6) is 0 Å². The molecule has 0 aliphatic carbocycles. The van der Waals surface area contributed by atoms with Crippen molar-refractivity contribution in [3.63, 3.8) is 0 Å². The molecule has 20 heavy (non-hydrogen) atoms. The molecule has 1 fully saturated rings. The van der Waals surface area contributed by atoms with Gasteiger partial charge in [0.25, 0.3) is 5.91 Å². The van der Waals surface area contributed by atoms with Crippen LogP contribution in [0.15, 0.2) is 18.2 Å². The molecule has 0 saturated carbocycles. The number of nitrogens with zero attached hydrogens (tertiary/aromatic N) is 1. The number of likely N-dealkylation sites (tertiary alicyclic amines) is 1. The molecular weight excluding hydrogens is 252 g/mol. The van der Waals surface area contributed by atoms with Crippen molar-refractivity contribution in [3.05, 3.63) is 34.9 Å². The Morgan fingerprint density at radius 3 is 3.15 bits per heavy atom. The number of amides is 1. The van der Waals surface area contributed by atoms with E-state index in [0.29, 0.717) is 5.92 Å². The Labute approximate surface area is 119 Å². The molecule has 1 aromatic carbocycles. The van der Waals surface area contributed by atoms with Crippen molar-refractivity contribution in [3.8, 4) is 0 Å². The number of benzene rings is 1. The number of nitrogens with one attached hydrogen (secondary N) is 1. The Balaban J connectivity index is 1.91. The van der Waals surface area contributed by atoms with Crippen LogP contribution in [-0.2, 0) is 13.0 Å². The molecule has 1 amide bonds. The van der Waals surface area contributed by atoms with Crippen LogP contribution in [-0.4, -0.2) is 41.7 Å². The summed E-state index contributed by atoms with van der Waals surface area (Å²) in [5.41, 5.74) is 3.25. The predicted molar refractivity (Wildman–Crippen MR) is 77.5 cm³/mol. The lowest BCUT2D eigenvalue weighted by Gasteiger charge is -2.27. The van der Waals surface area contributed by atoms with Crippen molar-refractivity contribution < 1.29 is 9.90 Å². The van der Waals surface area contributed by atoms with E-state index >= 15 is 0 Å². The third kappa shape index (κ3) is 2.23. The second-order valence-corrected chi connectivity index (χ2v) is 5.88. The lowest BCUT2D eigenvalue weighted by molar-refractivity contribution is 0.0647. The molecule has 1 saturated heterocycles. The van der Waals surface area contributed by atoms with Gasteiger partial charge in [0.15, 0.2) is 0 Å². The molecule has 2 aliphatic heterocycles. The van der Waals surface area contributed by atoms with Crippen molar-refractivity contribution in [2.45, 2.75) is 32.4 Å². The predicted octanol–water partition coefficient (Wildman–Crippen LogP) is 1.18. The summed E-state index contributed by atoms with van der Waals surface area (Å²) in [7, 11) is 0. The third-order valence-electron chi connectivity index (χ3n) is 4.70. The minimum atomic E-state index is -0.0277. The molecule has 0 radical (unpaired) electrons. The molecule has 2 heterocycles. The van der Waals surface area contributed by atoms with Crippen LogP contribution in [0.4, 0.5) is 0 Å². The monoisotopic (exact) mass is 274 g/mol. The summed E-state index contributed by atoms with van der Waals surface area (Å²) in [4.78, 5) is 14.7. The fourth-order valence-electron chi connectivity index (χ4n) is 3.43. The maximum atomic E-state index is 12.8. The molecule has 0 bridgehead atoms. The zero-order valence-corrected chi connectivity index (χ0v) is 11.9. The number of aliphatic hydroxyl groups is 1. The average Bonchev–Trinajstić information content (AvgIpc) is 2.86. The molecule has 2 aliphatic rings. The Morgan fingerprint density at radius 1 is 1.50 bits per heavy atom. The molecule has 0 aromatic heterocycles. The fourth-order valence-corrected chi connectivity index (χ4v) is 3.43. The zero-order chi connectivity index (χ0) is 14.1. The van der Waals surface area contributed by atoms with E-state index in [9.17, 15) is 9.90 Å². The molecule has 2 N–H and O–H groups in total. The molecule has 3 rings (SSSR count). The van der Waals surface area contributed by atoms with Gasteiger partial charge in [0.2, 0.25) is 0 Å². The number of carbonyl (C=O) groups is 1. The summed E-state index contributed by atoms with van der Waals surface area (Å²) in [6.45, 7) is 4.70. The van der Waals surface area contributed by atoms with E-state index in [-0.39, 0.29) is 18.6 Å². The standard InChI is InChI=1S/C16H22N2O2/c1-11-6-8-18(15(11)10-19)16(20)14-4-2-3-12-9-17-7-5-13(12)14/h2-4,11,15,17,19H,5-10H2,1H3. The molecular formula is C16H22N2O2. The van der Waals surface area contributed by atoms with E-state index in [2.05, 4.69) is 18.3 Å². The van der Waals surface area contributed by atoms with Gasteiger partial charge in [-0.15, -0.1) is 0 Å². The van der Waals surface area contributed by atoms with E-state index in [0.717, 1.165) is 38.0 Å². The number of hydrogen-bond donors (Lipinski definition) is 2. The van der Waals surface area contributed by atoms with Gasteiger partial charge in [-0.25, -0.2) is 0 Å². The van der Waals surface area contributed by atoms with Gasteiger partial charge in [-0.1, -0.05) is 19.1 Å². The first-order valence-corrected chi connectivity index (χ1v) is 7.45. The molecule has 0 spiro atoms. The van der Waals surface area contributed by atoms with Gasteiger partial charge in [0, 0.05) is 18.7 Å². The van der Waals surface area contributed by atoms with Crippen molar-refractivity contribution in [2.24, 2.45) is 5.92 Å². The smallest absolute Gasteiger partial charge is 0.254 e. The lowest BCUT2D eigenvalue weighted by atomic mass is 9.94. The van der Waals surface area contributed by atoms with Gasteiger partial charge in [0.05, 0.1) is 12.6 Å². The number of carbonyl (C=O) groups excluding carboxylic acids is 1. The van der Waals surface area contributed by atoms with Gasteiger partial charge in [0.1, 0.15) is 0 Å². The van der Waals surface area contributed by atoms with Crippen molar-refractivity contribution in [2.75, 3.05) is 19.7 Å². The van der Waals surface area contributed by atoms with Crippen LogP contribution in [0.2, 0.25) is 0 Å². The Morgan fingerprint density at radius 2 is 2.35 bits per heavy atom. The highest BCUT2D eigenvalue weighted by atomic mass is 16.3. The first-order valence-electron chi connectivity index (χ1n) is 7.45. The van der Waals surface area contributed by atoms with Crippen LogP contribution in [0.3, 0.4) is 0 Å². The highest BCUT2D eigenvalue weighted by molar-refractivity contribution is 5.96. The maximum absolute atomic E-state index is 12.8. The van der Waals surface area contributed by atoms with E-state index in [1.54, 1.807) is 0 Å². The third-order valence-corrected chi connectivity index (χ3v) is 4.70. The Kier molecular flexibility index (Phi) is 3.76. The summed E-state index contributed by atoms with van der Waals surface area (Å²) in [6, 6.07) is 5.96. The van der Waals surface area contributed by atoms with Crippen LogP contribution in [0.1, 0.15) is 34.8 Å². The van der Waals surface area contributed by atoms with E-state index in [4.69, 9.17) is 0 Å². The number of aliphatic hydroxyl groups excluding tert-OH is 1. The largest absolute Gasteiger partial charge is 0.394 e. The molecule has 2 unspecified atom stereocenters. The van der Waals surface area contributed by atoms with Crippen LogP contribution in [0.25, 0.3) is 0 Å². The quantitative estimate of drug-likeness (QED) is 0.851. The van der Waals surface area contributed by atoms with Crippen molar-refractivity contribution in [1.29, 1.82) is 0 Å². The molecule has 1 aromatic rings. The van der Waals surface area contributed by atoms with Gasteiger partial charge < -0.3 is 15.3 Å². The van der Waals surface area contributed by atoms with Gasteiger partial charge in [-0.2, -0.15) is 0 Å². The van der Waals surface area contributed by atoms with Crippen LogP contribution in [0, 0.1) is 5.92 Å². The normalized spacial score (nSPS) is 25.6. The number of hydrogen-bond acceptors (Lipinski definition) is 3. The summed E-state index contributed by atoms with van der Waals surface area (Å²) in [5, 5.41) is 12.9. The molecule has 2 atom stereocenters. The van der Waals surface area contributed by atoms with E-state index in [1.165, 1.54) is 11.1 Å². The Bertz CT molecular complexity index is 515. The molecule has 4 heteroatoms.